The minimum absolute atomic E-state index is 0.0239. The van der Waals surface area contributed by atoms with Gasteiger partial charge in [0.1, 0.15) is 0 Å². The number of rotatable bonds is 6. The molecule has 7 nitrogen and oxygen atoms in total. The zero-order valence-electron chi connectivity index (χ0n) is 11.2. The van der Waals surface area contributed by atoms with Crippen LogP contribution in [0.15, 0.2) is 29.2 Å². The van der Waals surface area contributed by atoms with Crippen molar-refractivity contribution in [3.63, 3.8) is 0 Å². The molecule has 1 saturated carbocycles. The first kappa shape index (κ1) is 15.5. The second-order valence-corrected chi connectivity index (χ2v) is 6.88. The number of carbonyl (C=O) groups excluding carboxylic acids is 1. The van der Waals surface area contributed by atoms with Gasteiger partial charge >= 0.3 is 5.97 Å². The molecule has 0 atom stereocenters. The van der Waals surface area contributed by atoms with Crippen LogP contribution < -0.4 is 10.5 Å². The molecule has 0 aromatic heterocycles. The lowest BCUT2D eigenvalue weighted by Crippen LogP contribution is -2.54. The largest absolute Gasteiger partial charge is 0.481 e. The fourth-order valence-electron chi connectivity index (χ4n) is 2.35. The number of sulfonamides is 1. The second kappa shape index (κ2) is 5.45. The van der Waals surface area contributed by atoms with Gasteiger partial charge in [0, 0.05) is 11.1 Å². The smallest absolute Gasteiger partial charge is 0.305 e. The molecule has 0 heterocycles. The molecule has 0 radical (unpaired) electrons. The second-order valence-electron chi connectivity index (χ2n) is 5.20. The van der Waals surface area contributed by atoms with Gasteiger partial charge in [-0.2, -0.15) is 0 Å². The molecule has 114 valence electrons. The molecule has 1 aromatic carbocycles. The first-order chi connectivity index (χ1) is 9.74. The summed E-state index contributed by atoms with van der Waals surface area (Å²) in [6.45, 7) is 0. The summed E-state index contributed by atoms with van der Waals surface area (Å²) in [5.74, 6) is -1.69. The summed E-state index contributed by atoms with van der Waals surface area (Å²) in [6.07, 6.45) is 1.54. The van der Waals surface area contributed by atoms with Crippen LogP contribution in [-0.2, 0) is 14.8 Å². The van der Waals surface area contributed by atoms with Gasteiger partial charge in [-0.05, 0) is 43.5 Å². The van der Waals surface area contributed by atoms with Crippen molar-refractivity contribution in [1.29, 1.82) is 0 Å². The van der Waals surface area contributed by atoms with Gasteiger partial charge in [-0.3, -0.25) is 9.59 Å². The van der Waals surface area contributed by atoms with E-state index in [9.17, 15) is 18.0 Å². The zero-order valence-corrected chi connectivity index (χ0v) is 12.0. The highest BCUT2D eigenvalue weighted by molar-refractivity contribution is 7.89. The highest BCUT2D eigenvalue weighted by Gasteiger charge is 2.42. The monoisotopic (exact) mass is 312 g/mol. The summed E-state index contributed by atoms with van der Waals surface area (Å²) >= 11 is 0. The molecule has 1 fully saturated rings. The molecule has 1 aromatic rings. The van der Waals surface area contributed by atoms with Gasteiger partial charge in [-0.1, -0.05) is 0 Å². The van der Waals surface area contributed by atoms with E-state index in [-0.39, 0.29) is 16.9 Å². The Balaban J connectivity index is 2.21. The summed E-state index contributed by atoms with van der Waals surface area (Å²) in [5, 5.41) is 8.89. The molecule has 8 heteroatoms. The number of nitrogens with one attached hydrogen (secondary N) is 1. The van der Waals surface area contributed by atoms with Crippen LogP contribution >= 0.6 is 0 Å². The summed E-state index contributed by atoms with van der Waals surface area (Å²) < 4.78 is 27.0. The van der Waals surface area contributed by atoms with E-state index in [4.69, 9.17) is 10.8 Å². The highest BCUT2D eigenvalue weighted by atomic mass is 32.2. The molecule has 21 heavy (non-hydrogen) atoms. The number of hydrogen-bond donors (Lipinski definition) is 3. The van der Waals surface area contributed by atoms with Crippen LogP contribution in [0.25, 0.3) is 0 Å². The third kappa shape index (κ3) is 3.40. The van der Waals surface area contributed by atoms with Gasteiger partial charge < -0.3 is 10.8 Å². The maximum Gasteiger partial charge on any atom is 0.305 e. The van der Waals surface area contributed by atoms with Crippen molar-refractivity contribution >= 4 is 21.9 Å². The van der Waals surface area contributed by atoms with E-state index >= 15 is 0 Å². The topological polar surface area (TPSA) is 127 Å². The minimum Gasteiger partial charge on any atom is -0.481 e. The van der Waals surface area contributed by atoms with Crippen LogP contribution in [0.1, 0.15) is 36.0 Å². The van der Waals surface area contributed by atoms with Crippen LogP contribution in [0, 0.1) is 0 Å². The van der Waals surface area contributed by atoms with Crippen molar-refractivity contribution in [1.82, 2.24) is 4.72 Å². The Kier molecular flexibility index (Phi) is 4.02. The fourth-order valence-corrected chi connectivity index (χ4v) is 3.81. The van der Waals surface area contributed by atoms with Crippen LogP contribution in [0.4, 0.5) is 0 Å². The lowest BCUT2D eigenvalue weighted by atomic mass is 9.75. The van der Waals surface area contributed by atoms with Crippen molar-refractivity contribution in [3.05, 3.63) is 29.8 Å². The Morgan fingerprint density at radius 2 is 1.81 bits per heavy atom. The van der Waals surface area contributed by atoms with Gasteiger partial charge in [0.05, 0.1) is 11.3 Å². The SMILES string of the molecule is NC(=O)c1ccc(S(=O)(=O)NC2(CC(=O)O)CCC2)cc1. The lowest BCUT2D eigenvalue weighted by Gasteiger charge is -2.40. The van der Waals surface area contributed by atoms with Gasteiger partial charge in [0.2, 0.25) is 15.9 Å². The van der Waals surface area contributed by atoms with Crippen molar-refractivity contribution < 1.29 is 23.1 Å². The van der Waals surface area contributed by atoms with Gasteiger partial charge in [-0.25, -0.2) is 13.1 Å². The van der Waals surface area contributed by atoms with Gasteiger partial charge in [0.15, 0.2) is 0 Å². The van der Waals surface area contributed by atoms with E-state index in [1.165, 1.54) is 24.3 Å². The predicted octanol–water partition coefficient (Wildman–Crippen LogP) is 0.461. The first-order valence-electron chi connectivity index (χ1n) is 6.40. The Morgan fingerprint density at radius 1 is 1.24 bits per heavy atom. The maximum absolute atomic E-state index is 12.3. The Hall–Kier alpha value is -1.93. The number of nitrogens with two attached hydrogens (primary N) is 1. The van der Waals surface area contributed by atoms with Crippen LogP contribution in [-0.4, -0.2) is 30.9 Å². The van der Waals surface area contributed by atoms with Crippen molar-refractivity contribution in [2.45, 2.75) is 36.1 Å². The van der Waals surface area contributed by atoms with Crippen LogP contribution in [0.3, 0.4) is 0 Å². The quantitative estimate of drug-likeness (QED) is 0.703. The van der Waals surface area contributed by atoms with Gasteiger partial charge in [-0.15, -0.1) is 0 Å². The van der Waals surface area contributed by atoms with E-state index in [0.717, 1.165) is 6.42 Å². The fraction of sp³-hybridized carbons (Fsp3) is 0.385. The average Bonchev–Trinajstić information content (AvgIpc) is 2.35. The van der Waals surface area contributed by atoms with Crippen molar-refractivity contribution in [3.8, 4) is 0 Å². The van der Waals surface area contributed by atoms with Crippen molar-refractivity contribution in [2.75, 3.05) is 0 Å². The molecular formula is C13H16N2O5S. The third-order valence-electron chi connectivity index (χ3n) is 3.60. The summed E-state index contributed by atoms with van der Waals surface area (Å²) in [6, 6.07) is 5.19. The number of hydrogen-bond acceptors (Lipinski definition) is 4. The zero-order chi connectivity index (χ0) is 15.7. The summed E-state index contributed by atoms with van der Waals surface area (Å²) in [4.78, 5) is 21.8. The third-order valence-corrected chi connectivity index (χ3v) is 5.19. The molecule has 4 N–H and O–H groups in total. The number of amides is 1. The van der Waals surface area contributed by atoms with E-state index in [0.29, 0.717) is 12.8 Å². The predicted molar refractivity (Wildman–Crippen MR) is 74.1 cm³/mol. The number of aliphatic carboxylic acids is 1. The van der Waals surface area contributed by atoms with E-state index in [2.05, 4.69) is 4.72 Å². The van der Waals surface area contributed by atoms with Crippen molar-refractivity contribution in [2.24, 2.45) is 5.73 Å². The van der Waals surface area contributed by atoms with E-state index in [1.807, 2.05) is 0 Å². The Labute approximate surface area is 122 Å². The van der Waals surface area contributed by atoms with Crippen LogP contribution in [0.2, 0.25) is 0 Å². The number of benzene rings is 1. The van der Waals surface area contributed by atoms with Crippen LogP contribution in [0.5, 0.6) is 0 Å². The average molecular weight is 312 g/mol. The lowest BCUT2D eigenvalue weighted by molar-refractivity contribution is -0.139. The standard InChI is InChI=1S/C13H16N2O5S/c14-12(18)9-2-4-10(5-3-9)21(19,20)15-13(6-1-7-13)8-11(16)17/h2-5,15H,1,6-8H2,(H2,14,18)(H,16,17). The van der Waals surface area contributed by atoms with Gasteiger partial charge in [0.25, 0.3) is 0 Å². The Morgan fingerprint density at radius 3 is 2.19 bits per heavy atom. The highest BCUT2D eigenvalue weighted by Crippen LogP contribution is 2.36. The Bertz CT molecular complexity index is 662. The molecule has 0 spiro atoms. The molecular weight excluding hydrogens is 296 g/mol. The maximum atomic E-state index is 12.3. The normalized spacial score (nSPS) is 17.0. The van der Waals surface area contributed by atoms with E-state index < -0.39 is 27.4 Å². The molecule has 1 aliphatic carbocycles. The summed E-state index contributed by atoms with van der Waals surface area (Å²) in [7, 11) is -3.83. The number of carboxylic acids is 1. The first-order valence-corrected chi connectivity index (χ1v) is 7.88. The number of carboxylic acid groups (broad SMARTS) is 1. The molecule has 0 bridgehead atoms. The number of carbonyl (C=O) groups is 2. The summed E-state index contributed by atoms with van der Waals surface area (Å²) in [5.41, 5.74) is 4.39. The number of primary amides is 1. The molecule has 0 aliphatic heterocycles. The minimum atomic E-state index is -3.83. The molecule has 0 saturated heterocycles. The molecule has 1 amide bonds. The van der Waals surface area contributed by atoms with E-state index in [1.54, 1.807) is 0 Å². The molecule has 1 aliphatic rings. The molecule has 2 rings (SSSR count). The molecule has 0 unspecified atom stereocenters.